The lowest BCUT2D eigenvalue weighted by Crippen LogP contribution is -2.39. The highest BCUT2D eigenvalue weighted by atomic mass is 16.2. The van der Waals surface area contributed by atoms with Gasteiger partial charge in [-0.1, -0.05) is 19.3 Å². The van der Waals surface area contributed by atoms with Gasteiger partial charge in [0.05, 0.1) is 0 Å². The van der Waals surface area contributed by atoms with E-state index < -0.39 is 0 Å². The van der Waals surface area contributed by atoms with Crippen molar-refractivity contribution >= 4 is 5.91 Å². The van der Waals surface area contributed by atoms with Crippen LogP contribution in [0.2, 0.25) is 0 Å². The Morgan fingerprint density at radius 1 is 1.25 bits per heavy atom. The molecule has 4 heteroatoms. The lowest BCUT2D eigenvalue weighted by molar-refractivity contribution is -0.130. The first-order chi connectivity index (χ1) is 9.65. The van der Waals surface area contributed by atoms with E-state index in [1.54, 1.807) is 0 Å². The molecule has 0 aliphatic carbocycles. The summed E-state index contributed by atoms with van der Waals surface area (Å²) in [6, 6.07) is 0.670. The highest BCUT2D eigenvalue weighted by Crippen LogP contribution is 2.18. The molecule has 20 heavy (non-hydrogen) atoms. The first-order valence-corrected chi connectivity index (χ1v) is 8.29. The van der Waals surface area contributed by atoms with Crippen molar-refractivity contribution in [1.82, 2.24) is 9.80 Å². The molecule has 0 aromatic carbocycles. The standard InChI is InChI=1S/C16H33N3O/c1-18-13-8-6-9-15(18)11-14-19(2)16(20)10-5-3-4-7-12-17/h15H,3-14,17H2,1-2H3. The second kappa shape index (κ2) is 10.2. The highest BCUT2D eigenvalue weighted by molar-refractivity contribution is 5.75. The summed E-state index contributed by atoms with van der Waals surface area (Å²) in [5.41, 5.74) is 5.46. The molecule has 1 heterocycles. The van der Waals surface area contributed by atoms with Gasteiger partial charge in [-0.15, -0.1) is 0 Å². The molecule has 1 fully saturated rings. The lowest BCUT2D eigenvalue weighted by Gasteiger charge is -2.33. The van der Waals surface area contributed by atoms with Gasteiger partial charge in [-0.25, -0.2) is 0 Å². The highest BCUT2D eigenvalue weighted by Gasteiger charge is 2.19. The second-order valence-electron chi connectivity index (χ2n) is 6.19. The zero-order valence-corrected chi connectivity index (χ0v) is 13.4. The molecule has 2 N–H and O–H groups in total. The predicted molar refractivity (Wildman–Crippen MR) is 84.7 cm³/mol. The molecule has 4 nitrogen and oxygen atoms in total. The number of amides is 1. The van der Waals surface area contributed by atoms with Crippen LogP contribution in [0.15, 0.2) is 0 Å². The maximum Gasteiger partial charge on any atom is 0.222 e. The average Bonchev–Trinajstić information content (AvgIpc) is 2.45. The number of rotatable bonds is 9. The SMILES string of the molecule is CN(CCC1CCCCN1C)C(=O)CCCCCCN. The number of hydrogen-bond acceptors (Lipinski definition) is 3. The quantitative estimate of drug-likeness (QED) is 0.660. The molecule has 1 saturated heterocycles. The number of piperidine rings is 1. The maximum atomic E-state index is 12.0. The van der Waals surface area contributed by atoms with Crippen molar-refractivity contribution in [2.75, 3.05) is 33.7 Å². The van der Waals surface area contributed by atoms with Gasteiger partial charge < -0.3 is 15.5 Å². The van der Waals surface area contributed by atoms with E-state index in [1.165, 1.54) is 25.8 Å². The third-order valence-corrected chi connectivity index (χ3v) is 4.49. The van der Waals surface area contributed by atoms with Crippen molar-refractivity contribution in [3.63, 3.8) is 0 Å². The fourth-order valence-electron chi connectivity index (χ4n) is 2.94. The Balaban J connectivity index is 2.11. The summed E-state index contributed by atoms with van der Waals surface area (Å²) in [5.74, 6) is 0.302. The number of unbranched alkanes of at least 4 members (excludes halogenated alkanes) is 3. The van der Waals surface area contributed by atoms with Gasteiger partial charge in [-0.3, -0.25) is 4.79 Å². The summed E-state index contributed by atoms with van der Waals surface area (Å²) >= 11 is 0. The van der Waals surface area contributed by atoms with Crippen LogP contribution in [-0.2, 0) is 4.79 Å². The Hall–Kier alpha value is -0.610. The Bertz CT molecular complexity index is 270. The normalized spacial score (nSPS) is 20.1. The van der Waals surface area contributed by atoms with Gasteiger partial charge in [-0.2, -0.15) is 0 Å². The largest absolute Gasteiger partial charge is 0.346 e. The van der Waals surface area contributed by atoms with Gasteiger partial charge in [0, 0.05) is 26.1 Å². The Morgan fingerprint density at radius 3 is 2.70 bits per heavy atom. The molecule has 1 amide bonds. The van der Waals surface area contributed by atoms with Crippen LogP contribution >= 0.6 is 0 Å². The summed E-state index contributed by atoms with van der Waals surface area (Å²) in [4.78, 5) is 16.4. The summed E-state index contributed by atoms with van der Waals surface area (Å²) in [6.45, 7) is 2.88. The molecule has 0 aromatic rings. The van der Waals surface area contributed by atoms with E-state index in [0.717, 1.165) is 45.2 Å². The Kier molecular flexibility index (Phi) is 8.86. The summed E-state index contributed by atoms with van der Waals surface area (Å²) < 4.78 is 0. The van der Waals surface area contributed by atoms with Gasteiger partial charge in [0.15, 0.2) is 0 Å². The van der Waals surface area contributed by atoms with Gasteiger partial charge >= 0.3 is 0 Å². The molecule has 118 valence electrons. The summed E-state index contributed by atoms with van der Waals surface area (Å²) in [5, 5.41) is 0. The van der Waals surface area contributed by atoms with Crippen LogP contribution in [-0.4, -0.2) is 55.5 Å². The molecule has 1 aliphatic rings. The number of nitrogens with zero attached hydrogens (tertiary/aromatic N) is 2. The van der Waals surface area contributed by atoms with E-state index in [1.807, 2.05) is 11.9 Å². The van der Waals surface area contributed by atoms with E-state index in [0.29, 0.717) is 18.4 Å². The second-order valence-corrected chi connectivity index (χ2v) is 6.19. The summed E-state index contributed by atoms with van der Waals surface area (Å²) in [6.07, 6.45) is 10.1. The zero-order valence-electron chi connectivity index (χ0n) is 13.4. The van der Waals surface area contributed by atoms with E-state index in [4.69, 9.17) is 5.73 Å². The Morgan fingerprint density at radius 2 is 2.00 bits per heavy atom. The fourth-order valence-corrected chi connectivity index (χ4v) is 2.94. The number of nitrogens with two attached hydrogens (primary N) is 1. The van der Waals surface area contributed by atoms with E-state index in [2.05, 4.69) is 11.9 Å². The van der Waals surface area contributed by atoms with Crippen LogP contribution in [0.25, 0.3) is 0 Å². The monoisotopic (exact) mass is 283 g/mol. The van der Waals surface area contributed by atoms with Crippen molar-refractivity contribution in [3.05, 3.63) is 0 Å². The molecule has 0 radical (unpaired) electrons. The van der Waals surface area contributed by atoms with Crippen LogP contribution < -0.4 is 5.73 Å². The van der Waals surface area contributed by atoms with Crippen molar-refractivity contribution < 1.29 is 4.79 Å². The molecule has 0 saturated carbocycles. The van der Waals surface area contributed by atoms with Crippen molar-refractivity contribution in [1.29, 1.82) is 0 Å². The predicted octanol–water partition coefficient (Wildman–Crippen LogP) is 2.23. The molecule has 0 aromatic heterocycles. The fraction of sp³-hybridized carbons (Fsp3) is 0.938. The minimum atomic E-state index is 0.302. The lowest BCUT2D eigenvalue weighted by atomic mass is 10.00. The zero-order chi connectivity index (χ0) is 14.8. The number of carbonyl (C=O) groups is 1. The molecule has 1 atom stereocenters. The molecular formula is C16H33N3O. The van der Waals surface area contributed by atoms with Crippen LogP contribution in [0.4, 0.5) is 0 Å². The smallest absolute Gasteiger partial charge is 0.222 e. The third kappa shape index (κ3) is 6.71. The first-order valence-electron chi connectivity index (χ1n) is 8.29. The van der Waals surface area contributed by atoms with Gasteiger partial charge in [0.2, 0.25) is 5.91 Å². The molecule has 1 aliphatic heterocycles. The first kappa shape index (κ1) is 17.4. The third-order valence-electron chi connectivity index (χ3n) is 4.49. The average molecular weight is 283 g/mol. The van der Waals surface area contributed by atoms with Crippen molar-refractivity contribution in [2.45, 2.75) is 63.8 Å². The number of carbonyl (C=O) groups excluding carboxylic acids is 1. The van der Waals surface area contributed by atoms with Gasteiger partial charge in [0.1, 0.15) is 0 Å². The molecule has 1 unspecified atom stereocenters. The van der Waals surface area contributed by atoms with E-state index in [9.17, 15) is 4.79 Å². The topological polar surface area (TPSA) is 49.6 Å². The van der Waals surface area contributed by atoms with Crippen molar-refractivity contribution in [2.24, 2.45) is 5.73 Å². The molecule has 0 bridgehead atoms. The number of hydrogen-bond donors (Lipinski definition) is 1. The minimum absolute atomic E-state index is 0.302. The van der Waals surface area contributed by atoms with Crippen LogP contribution in [0.3, 0.4) is 0 Å². The van der Waals surface area contributed by atoms with E-state index in [-0.39, 0.29) is 0 Å². The van der Waals surface area contributed by atoms with Crippen LogP contribution in [0, 0.1) is 0 Å². The van der Waals surface area contributed by atoms with Gasteiger partial charge in [0.25, 0.3) is 0 Å². The van der Waals surface area contributed by atoms with Gasteiger partial charge in [-0.05, 0) is 52.2 Å². The molecular weight excluding hydrogens is 250 g/mol. The van der Waals surface area contributed by atoms with Crippen LogP contribution in [0.1, 0.15) is 57.8 Å². The minimum Gasteiger partial charge on any atom is -0.346 e. The maximum absolute atomic E-state index is 12.0. The Labute approximate surface area is 124 Å². The van der Waals surface area contributed by atoms with Crippen LogP contribution in [0.5, 0.6) is 0 Å². The molecule has 0 spiro atoms. The number of likely N-dealkylation sites (tertiary alicyclic amines) is 1. The molecule has 1 rings (SSSR count). The van der Waals surface area contributed by atoms with E-state index >= 15 is 0 Å². The van der Waals surface area contributed by atoms with Crippen molar-refractivity contribution in [3.8, 4) is 0 Å². The summed E-state index contributed by atoms with van der Waals surface area (Å²) in [7, 11) is 4.16.